The van der Waals surface area contributed by atoms with Crippen LogP contribution in [0.5, 0.6) is 0 Å². The van der Waals surface area contributed by atoms with Gasteiger partial charge < -0.3 is 16.0 Å². The molecule has 12 heteroatoms. The highest BCUT2D eigenvalue weighted by molar-refractivity contribution is 7.98. The monoisotopic (exact) mass is 598 g/mol. The average molecular weight is 599 g/mol. The third-order valence-corrected chi connectivity index (χ3v) is 7.70. The van der Waals surface area contributed by atoms with Gasteiger partial charge in [-0.2, -0.15) is 10.2 Å². The molecular formula is C30H40F2N8OS. The van der Waals surface area contributed by atoms with Crippen molar-refractivity contribution in [2.45, 2.75) is 58.8 Å². The molecule has 0 bridgehead atoms. The lowest BCUT2D eigenvalue weighted by molar-refractivity contribution is -0.106. The Morgan fingerprint density at radius 1 is 1.26 bits per heavy atom. The van der Waals surface area contributed by atoms with Gasteiger partial charge in [-0.1, -0.05) is 12.5 Å². The summed E-state index contributed by atoms with van der Waals surface area (Å²) in [7, 11) is 3.55. The second-order valence-electron chi connectivity index (χ2n) is 10.2. The topological polar surface area (TPSA) is 117 Å². The zero-order valence-electron chi connectivity index (χ0n) is 25.5. The Labute approximate surface area is 250 Å². The number of carbonyl (C=O) groups excluding carboxylic acids is 1. The number of thioether (sulfide) groups is 1. The van der Waals surface area contributed by atoms with Gasteiger partial charge in [0, 0.05) is 48.1 Å². The van der Waals surface area contributed by atoms with Crippen molar-refractivity contribution in [3.8, 4) is 0 Å². The maximum atomic E-state index is 15.0. The van der Waals surface area contributed by atoms with Crippen LogP contribution in [-0.2, 0) is 11.8 Å². The van der Waals surface area contributed by atoms with Crippen LogP contribution in [0.1, 0.15) is 57.0 Å². The van der Waals surface area contributed by atoms with Crippen molar-refractivity contribution in [1.82, 2.24) is 20.0 Å². The molecule has 0 atom stereocenters. The van der Waals surface area contributed by atoms with Crippen molar-refractivity contribution in [3.63, 3.8) is 0 Å². The predicted molar refractivity (Wildman–Crippen MR) is 167 cm³/mol. The molecule has 42 heavy (non-hydrogen) atoms. The predicted octanol–water partition coefficient (Wildman–Crippen LogP) is 6.33. The van der Waals surface area contributed by atoms with Gasteiger partial charge >= 0.3 is 0 Å². The minimum absolute atomic E-state index is 0.141. The second kappa shape index (κ2) is 14.3. The van der Waals surface area contributed by atoms with E-state index in [0.29, 0.717) is 22.4 Å². The van der Waals surface area contributed by atoms with Gasteiger partial charge in [0.1, 0.15) is 17.3 Å². The third kappa shape index (κ3) is 7.67. The highest BCUT2D eigenvalue weighted by Gasteiger charge is 2.34. The van der Waals surface area contributed by atoms with Gasteiger partial charge in [-0.3, -0.25) is 14.6 Å². The van der Waals surface area contributed by atoms with Gasteiger partial charge in [-0.05, 0) is 76.8 Å². The molecule has 9 nitrogen and oxygen atoms in total. The first-order valence-corrected chi connectivity index (χ1v) is 14.9. The van der Waals surface area contributed by atoms with Crippen LogP contribution in [0.25, 0.3) is 5.57 Å². The summed E-state index contributed by atoms with van der Waals surface area (Å²) >= 11 is 1.29. The zero-order valence-corrected chi connectivity index (χ0v) is 26.3. The molecule has 0 unspecified atom stereocenters. The van der Waals surface area contributed by atoms with Gasteiger partial charge in [-0.25, -0.2) is 13.8 Å². The van der Waals surface area contributed by atoms with Crippen LogP contribution >= 0.6 is 11.8 Å². The number of aromatic nitrogens is 4. The highest BCUT2D eigenvalue weighted by Crippen LogP contribution is 2.47. The fourth-order valence-electron chi connectivity index (χ4n) is 4.62. The smallest absolute Gasteiger partial charge is 0.204 e. The van der Waals surface area contributed by atoms with E-state index in [1.54, 1.807) is 20.2 Å². The molecular weight excluding hydrogens is 558 g/mol. The Bertz CT molecular complexity index is 1490. The largest absolute Gasteiger partial charge is 0.372 e. The number of halogens is 2. The summed E-state index contributed by atoms with van der Waals surface area (Å²) in [6, 6.07) is 4.60. The summed E-state index contributed by atoms with van der Waals surface area (Å²) in [5, 5.41) is 15.6. The first kappa shape index (κ1) is 32.6. The fourth-order valence-corrected chi connectivity index (χ4v) is 5.06. The van der Waals surface area contributed by atoms with E-state index in [1.165, 1.54) is 34.4 Å². The molecule has 4 rings (SSSR count). The van der Waals surface area contributed by atoms with E-state index in [9.17, 15) is 0 Å². The molecule has 2 heterocycles. The van der Waals surface area contributed by atoms with Crippen LogP contribution in [0.2, 0.25) is 0 Å². The van der Waals surface area contributed by atoms with E-state index in [0.717, 1.165) is 47.4 Å². The molecule has 0 saturated heterocycles. The van der Waals surface area contributed by atoms with Gasteiger partial charge in [0.15, 0.2) is 17.5 Å². The number of aromatic amines is 1. The van der Waals surface area contributed by atoms with Crippen LogP contribution in [0, 0.1) is 31.4 Å². The first-order valence-electron chi connectivity index (χ1n) is 13.7. The number of amides is 1. The Morgan fingerprint density at radius 2 is 1.88 bits per heavy atom. The van der Waals surface area contributed by atoms with Crippen molar-refractivity contribution >= 4 is 41.1 Å². The van der Waals surface area contributed by atoms with Gasteiger partial charge in [0.2, 0.25) is 6.41 Å². The lowest BCUT2D eigenvalue weighted by Gasteiger charge is -2.23. The van der Waals surface area contributed by atoms with Crippen molar-refractivity contribution in [2.75, 3.05) is 23.5 Å². The number of rotatable bonds is 9. The number of aliphatic imine (C=N–C) groups is 1. The lowest BCUT2D eigenvalue weighted by Crippen LogP contribution is -2.26. The van der Waals surface area contributed by atoms with Crippen LogP contribution in [0.4, 0.5) is 20.3 Å². The molecule has 1 fully saturated rings. The Morgan fingerprint density at radius 3 is 2.33 bits per heavy atom. The van der Waals surface area contributed by atoms with Crippen LogP contribution in [-0.4, -0.2) is 45.5 Å². The minimum atomic E-state index is -0.633. The molecule has 1 aliphatic carbocycles. The number of carbonyl (C=O) groups is 1. The molecule has 3 aromatic rings. The quantitative estimate of drug-likeness (QED) is 0.0871. The van der Waals surface area contributed by atoms with Crippen molar-refractivity contribution in [1.29, 1.82) is 0 Å². The summed E-state index contributed by atoms with van der Waals surface area (Å²) in [5.41, 5.74) is 10.2. The maximum absolute atomic E-state index is 15.0. The van der Waals surface area contributed by atoms with Crippen LogP contribution in [0.15, 0.2) is 51.3 Å². The number of nitrogens with one attached hydrogen (secondary N) is 2. The molecule has 2 aromatic heterocycles. The van der Waals surface area contributed by atoms with Gasteiger partial charge in [0.25, 0.3) is 0 Å². The fraction of sp³-hybridized carbons (Fsp3) is 0.400. The van der Waals surface area contributed by atoms with E-state index in [2.05, 4.69) is 42.0 Å². The van der Waals surface area contributed by atoms with Gasteiger partial charge in [0.05, 0.1) is 5.69 Å². The van der Waals surface area contributed by atoms with E-state index in [1.807, 2.05) is 30.9 Å². The molecule has 1 saturated carbocycles. The molecule has 0 spiro atoms. The third-order valence-electron chi connectivity index (χ3n) is 6.99. The second-order valence-corrected chi connectivity index (χ2v) is 11.1. The number of allylic oxidation sites excluding steroid dienone is 3. The number of anilines is 2. The average Bonchev–Trinajstić information content (AvgIpc) is 3.60. The standard InChI is InChI=1S/C29H37F2N7S.CH3NO/c1-9-16(2)25(27-17(3)15-37(6)36-27)26(20-10-11-20)29(33-24-12-18(4)34-35-24)32-19(5)38(7)28-22(30)13-21(39-8)14-23(28)31;2-1-3/h12-15,20H,9-11H2,1-8H3,(H2,33,34,35);1H,(H2,2,3)/b25-16-,29-26+,32-19+;. The van der Waals surface area contributed by atoms with E-state index in [4.69, 9.17) is 14.9 Å². The summed E-state index contributed by atoms with van der Waals surface area (Å²) in [6.07, 6.45) is 6.94. The van der Waals surface area contributed by atoms with Crippen LogP contribution < -0.4 is 16.0 Å². The highest BCUT2D eigenvalue weighted by atomic mass is 32.2. The van der Waals surface area contributed by atoms with Crippen molar-refractivity contribution in [3.05, 3.63) is 69.9 Å². The first-order chi connectivity index (χ1) is 19.9. The van der Waals surface area contributed by atoms with E-state index in [-0.39, 0.29) is 18.0 Å². The van der Waals surface area contributed by atoms with Crippen LogP contribution in [0.3, 0.4) is 0 Å². The molecule has 1 amide bonds. The summed E-state index contributed by atoms with van der Waals surface area (Å²) in [6.45, 7) is 10.0. The molecule has 0 aliphatic heterocycles. The van der Waals surface area contributed by atoms with Gasteiger partial charge in [-0.15, -0.1) is 11.8 Å². The summed E-state index contributed by atoms with van der Waals surface area (Å²) < 4.78 is 31.9. The number of nitrogens with two attached hydrogens (primary N) is 1. The number of hydrogen-bond donors (Lipinski definition) is 3. The lowest BCUT2D eigenvalue weighted by atomic mass is 9.91. The zero-order chi connectivity index (χ0) is 31.1. The number of nitrogens with zero attached hydrogens (tertiary/aromatic N) is 5. The molecule has 1 aliphatic rings. The number of H-pyrrole nitrogens is 1. The van der Waals surface area contributed by atoms with Crippen molar-refractivity contribution in [2.24, 2.45) is 23.7 Å². The summed E-state index contributed by atoms with van der Waals surface area (Å²) in [5.74, 6) is 0.666. The molecule has 226 valence electrons. The molecule has 1 aromatic carbocycles. The maximum Gasteiger partial charge on any atom is 0.204 e. The number of amidine groups is 1. The van der Waals surface area contributed by atoms with E-state index < -0.39 is 11.6 Å². The minimum Gasteiger partial charge on any atom is -0.372 e. The Kier molecular flexibility index (Phi) is 11.1. The summed E-state index contributed by atoms with van der Waals surface area (Å²) in [4.78, 5) is 15.6. The number of primary amides is 1. The molecule has 0 radical (unpaired) electrons. The Balaban J connectivity index is 0.00000155. The Hall–Kier alpha value is -3.93. The normalized spacial score (nSPS) is 14.5. The molecule has 4 N–H and O–H groups in total. The number of hydrogen-bond acceptors (Lipinski definition) is 6. The van der Waals surface area contributed by atoms with Crippen molar-refractivity contribution < 1.29 is 13.6 Å². The van der Waals surface area contributed by atoms with E-state index >= 15 is 8.78 Å². The SMILES string of the molecule is CC/C(C)=C(/C(=C(\N=C(/C)N(C)c1c(F)cc(SC)cc1F)Nc1cc(C)[nH]n1)C1CC1)c1nn(C)cc1C.NC=O. The number of aryl methyl sites for hydroxylation is 3. The number of benzene rings is 1.